The van der Waals surface area contributed by atoms with Gasteiger partial charge in [0, 0.05) is 41.1 Å². The fourth-order valence-electron chi connectivity index (χ4n) is 1.86. The van der Waals surface area contributed by atoms with E-state index in [0.29, 0.717) is 0 Å². The van der Waals surface area contributed by atoms with Crippen molar-refractivity contribution in [3.63, 3.8) is 0 Å². The minimum absolute atomic E-state index is 0.765. The van der Waals surface area contributed by atoms with Crippen molar-refractivity contribution in [1.82, 2.24) is 4.98 Å². The summed E-state index contributed by atoms with van der Waals surface area (Å²) in [5.41, 5.74) is 8.86. The first-order chi connectivity index (χ1) is 8.63. The average Bonchev–Trinajstić information content (AvgIpc) is 2.37. The van der Waals surface area contributed by atoms with Crippen molar-refractivity contribution < 1.29 is 0 Å². The summed E-state index contributed by atoms with van der Waals surface area (Å²) in [5.74, 6) is 1.10. The highest BCUT2D eigenvalue weighted by Gasteiger charge is 2.09. The Morgan fingerprint density at radius 2 is 2.22 bits per heavy atom. The summed E-state index contributed by atoms with van der Waals surface area (Å²) in [5, 5.41) is 0.998. The molecule has 5 heteroatoms. The van der Waals surface area contributed by atoms with Gasteiger partial charge < -0.3 is 10.6 Å². The predicted molar refractivity (Wildman–Crippen MR) is 85.5 cm³/mol. The lowest BCUT2D eigenvalue weighted by molar-refractivity contribution is 0.981. The zero-order valence-corrected chi connectivity index (χ0v) is 12.9. The van der Waals surface area contributed by atoms with E-state index in [4.69, 9.17) is 5.73 Å². The van der Waals surface area contributed by atoms with Crippen LogP contribution in [0.25, 0.3) is 10.9 Å². The van der Waals surface area contributed by atoms with Gasteiger partial charge in [-0.3, -0.25) is 4.98 Å². The van der Waals surface area contributed by atoms with Crippen molar-refractivity contribution in [1.29, 1.82) is 0 Å². The molecule has 96 valence electrons. The van der Waals surface area contributed by atoms with E-state index in [1.54, 1.807) is 0 Å². The Balaban J connectivity index is 2.48. The minimum Gasteiger partial charge on any atom is -0.398 e. The van der Waals surface area contributed by atoms with Gasteiger partial charge in [-0.2, -0.15) is 11.8 Å². The molecule has 0 spiro atoms. The number of benzene rings is 1. The zero-order chi connectivity index (χ0) is 13.1. The van der Waals surface area contributed by atoms with Crippen molar-refractivity contribution in [2.45, 2.75) is 0 Å². The van der Waals surface area contributed by atoms with E-state index < -0.39 is 0 Å². The van der Waals surface area contributed by atoms with Gasteiger partial charge in [0.1, 0.15) is 0 Å². The van der Waals surface area contributed by atoms with Gasteiger partial charge in [0.05, 0.1) is 11.2 Å². The fourth-order valence-corrected chi connectivity index (χ4v) is 2.65. The average molecular weight is 326 g/mol. The smallest absolute Gasteiger partial charge is 0.0956 e. The van der Waals surface area contributed by atoms with Gasteiger partial charge in [0.2, 0.25) is 0 Å². The fraction of sp³-hybridized carbons (Fsp3) is 0.308. The van der Waals surface area contributed by atoms with Crippen LogP contribution in [-0.2, 0) is 0 Å². The monoisotopic (exact) mass is 325 g/mol. The summed E-state index contributed by atoms with van der Waals surface area (Å²) in [6.07, 6.45) is 3.93. The van der Waals surface area contributed by atoms with E-state index >= 15 is 0 Å². The van der Waals surface area contributed by atoms with E-state index in [9.17, 15) is 0 Å². The molecule has 0 bridgehead atoms. The van der Waals surface area contributed by atoms with Crippen molar-refractivity contribution in [2.24, 2.45) is 0 Å². The predicted octanol–water partition coefficient (Wildman–Crippen LogP) is 3.38. The van der Waals surface area contributed by atoms with Crippen LogP contribution in [0.2, 0.25) is 0 Å². The molecule has 0 fully saturated rings. The van der Waals surface area contributed by atoms with Gasteiger partial charge in [-0.25, -0.2) is 0 Å². The second-order valence-corrected chi connectivity index (χ2v) is 6.04. The summed E-state index contributed by atoms with van der Waals surface area (Å²) in [6, 6.07) is 6.00. The molecule has 1 heterocycles. The van der Waals surface area contributed by atoms with Crippen LogP contribution in [0.4, 0.5) is 11.4 Å². The second-order valence-electron chi connectivity index (χ2n) is 4.14. The lowest BCUT2D eigenvalue weighted by atomic mass is 10.1. The summed E-state index contributed by atoms with van der Waals surface area (Å²) in [6.45, 7) is 0.998. The third-order valence-electron chi connectivity index (χ3n) is 2.87. The molecule has 0 unspecified atom stereocenters. The lowest BCUT2D eigenvalue weighted by Gasteiger charge is -2.20. The van der Waals surface area contributed by atoms with Gasteiger partial charge in [-0.05, 0) is 40.4 Å². The van der Waals surface area contributed by atoms with Gasteiger partial charge >= 0.3 is 0 Å². The van der Waals surface area contributed by atoms with Gasteiger partial charge in [0.25, 0.3) is 0 Å². The normalized spacial score (nSPS) is 10.8. The second kappa shape index (κ2) is 5.80. The number of rotatable bonds is 4. The number of thioether (sulfide) groups is 1. The molecule has 0 radical (unpaired) electrons. The van der Waals surface area contributed by atoms with Gasteiger partial charge in [0.15, 0.2) is 0 Å². The Labute approximate surface area is 120 Å². The maximum atomic E-state index is 6.01. The lowest BCUT2D eigenvalue weighted by Crippen LogP contribution is -2.20. The van der Waals surface area contributed by atoms with Crippen molar-refractivity contribution in [3.8, 4) is 0 Å². The summed E-state index contributed by atoms with van der Waals surface area (Å²) < 4.78 is 0.950. The molecule has 0 amide bonds. The Bertz CT molecular complexity index is 559. The Morgan fingerprint density at radius 3 is 2.94 bits per heavy atom. The molecule has 2 rings (SSSR count). The molecule has 0 aliphatic rings. The highest BCUT2D eigenvalue weighted by Crippen LogP contribution is 2.30. The highest BCUT2D eigenvalue weighted by atomic mass is 79.9. The van der Waals surface area contributed by atoms with Crippen LogP contribution in [0.5, 0.6) is 0 Å². The van der Waals surface area contributed by atoms with E-state index in [2.05, 4.69) is 39.1 Å². The molecule has 0 saturated heterocycles. The number of halogens is 1. The first-order valence-electron chi connectivity index (χ1n) is 5.67. The Kier molecular flexibility index (Phi) is 4.35. The van der Waals surface area contributed by atoms with Crippen LogP contribution in [0.1, 0.15) is 0 Å². The number of nitrogen functional groups attached to an aromatic ring is 1. The van der Waals surface area contributed by atoms with Crippen LogP contribution in [0.3, 0.4) is 0 Å². The van der Waals surface area contributed by atoms with E-state index in [0.717, 1.165) is 39.0 Å². The number of anilines is 2. The molecule has 1 aromatic carbocycles. The van der Waals surface area contributed by atoms with Crippen LogP contribution in [0.15, 0.2) is 28.9 Å². The summed E-state index contributed by atoms with van der Waals surface area (Å²) in [7, 11) is 2.09. The summed E-state index contributed by atoms with van der Waals surface area (Å²) >= 11 is 5.28. The Morgan fingerprint density at radius 1 is 1.44 bits per heavy atom. The topological polar surface area (TPSA) is 42.1 Å². The van der Waals surface area contributed by atoms with E-state index in [1.807, 2.05) is 36.2 Å². The molecule has 1 aromatic heterocycles. The third-order valence-corrected chi connectivity index (χ3v) is 3.90. The third kappa shape index (κ3) is 2.72. The molecule has 2 aromatic rings. The van der Waals surface area contributed by atoms with Crippen LogP contribution in [0, 0.1) is 0 Å². The van der Waals surface area contributed by atoms with Gasteiger partial charge in [-0.15, -0.1) is 0 Å². The molecule has 0 saturated carbocycles. The zero-order valence-electron chi connectivity index (χ0n) is 10.5. The molecular weight excluding hydrogens is 310 g/mol. The minimum atomic E-state index is 0.765. The van der Waals surface area contributed by atoms with Crippen molar-refractivity contribution in [3.05, 3.63) is 28.9 Å². The maximum Gasteiger partial charge on any atom is 0.0956 e. The van der Waals surface area contributed by atoms with E-state index in [-0.39, 0.29) is 0 Å². The van der Waals surface area contributed by atoms with E-state index in [1.165, 1.54) is 0 Å². The largest absolute Gasteiger partial charge is 0.398 e. The number of aromatic nitrogens is 1. The van der Waals surface area contributed by atoms with Crippen LogP contribution < -0.4 is 10.6 Å². The number of hydrogen-bond acceptors (Lipinski definition) is 4. The van der Waals surface area contributed by atoms with Crippen molar-refractivity contribution >= 4 is 50.0 Å². The molecule has 0 aliphatic carbocycles. The maximum absolute atomic E-state index is 6.01. The van der Waals surface area contributed by atoms with Crippen LogP contribution >= 0.6 is 27.7 Å². The molecule has 0 aliphatic heterocycles. The molecule has 2 N–H and O–H groups in total. The first kappa shape index (κ1) is 13.5. The Hall–Kier alpha value is -0.940. The number of nitrogens with two attached hydrogens (primary N) is 1. The number of pyridine rings is 1. The summed E-state index contributed by atoms with van der Waals surface area (Å²) in [4.78, 5) is 6.72. The molecule has 0 atom stereocenters. The molecule has 18 heavy (non-hydrogen) atoms. The highest BCUT2D eigenvalue weighted by molar-refractivity contribution is 9.10. The van der Waals surface area contributed by atoms with Gasteiger partial charge in [-0.1, -0.05) is 0 Å². The van der Waals surface area contributed by atoms with Crippen molar-refractivity contribution in [2.75, 3.05) is 36.2 Å². The molecular formula is C13H16BrN3S. The first-order valence-corrected chi connectivity index (χ1v) is 7.86. The number of fused-ring (bicyclic) bond motifs is 1. The standard InChI is InChI=1S/C13H16BrN3S/c1-17(5-6-18-2)12-4-3-11(15)10-7-9(14)8-16-13(10)12/h3-4,7-8H,5-6,15H2,1-2H3. The number of nitrogens with zero attached hydrogens (tertiary/aromatic N) is 2. The SMILES string of the molecule is CSCCN(C)c1ccc(N)c2cc(Br)cnc12. The van der Waals surface area contributed by atoms with Crippen LogP contribution in [-0.4, -0.2) is 30.6 Å². The number of hydrogen-bond donors (Lipinski definition) is 1. The molecule has 3 nitrogen and oxygen atoms in total. The quantitative estimate of drug-likeness (QED) is 0.875.